The van der Waals surface area contributed by atoms with Crippen molar-refractivity contribution < 1.29 is 23.6 Å². The Morgan fingerprint density at radius 1 is 1.46 bits per heavy atom. The minimum atomic E-state index is -3.43. The van der Waals surface area contributed by atoms with Crippen LogP contribution in [0.3, 0.4) is 0 Å². The molecule has 0 fully saturated rings. The molecule has 13 heavy (non-hydrogen) atoms. The van der Waals surface area contributed by atoms with Crippen molar-refractivity contribution in [2.45, 2.75) is 12.6 Å². The molecule has 0 aliphatic heterocycles. The van der Waals surface area contributed by atoms with Crippen LogP contribution in [0.5, 0.6) is 0 Å². The van der Waals surface area contributed by atoms with Gasteiger partial charge in [-0.3, -0.25) is 14.6 Å². The molecule has 7 heteroatoms. The number of amides is 1. The number of nitrogens with zero attached hydrogens (tertiary/aromatic N) is 1. The van der Waals surface area contributed by atoms with E-state index in [0.717, 1.165) is 7.05 Å². The zero-order valence-corrected chi connectivity index (χ0v) is 8.95. The minimum absolute atomic E-state index is 0.357. The van der Waals surface area contributed by atoms with Crippen LogP contribution in [0, 0.1) is 0 Å². The molecule has 1 unspecified atom stereocenters. The number of carbonyl (C=O) groups excluding carboxylic acids is 1. The smallest absolute Gasteiger partial charge is 0.311 e. The first kappa shape index (κ1) is 12.6. The SMILES string of the molecule is COP(=O)(OC)C(C)C(=O)N(C)O. The Kier molecular flexibility index (Phi) is 4.56. The first-order valence-corrected chi connectivity index (χ1v) is 5.18. The lowest BCUT2D eigenvalue weighted by Crippen LogP contribution is -2.32. The molecule has 0 saturated carbocycles. The Balaban J connectivity index is 4.66. The number of rotatable bonds is 4. The standard InChI is InChI=1S/C6H14NO5P/c1-5(6(8)7(2)9)13(10,11-3)12-4/h5,9H,1-4H3. The molecule has 0 aromatic heterocycles. The molecule has 1 amide bonds. The van der Waals surface area contributed by atoms with Gasteiger partial charge in [-0.25, -0.2) is 5.06 Å². The number of hydrogen-bond acceptors (Lipinski definition) is 5. The molecule has 0 bridgehead atoms. The maximum absolute atomic E-state index is 11.6. The summed E-state index contributed by atoms with van der Waals surface area (Å²) in [6.07, 6.45) is 0. The highest BCUT2D eigenvalue weighted by Gasteiger charge is 2.37. The van der Waals surface area contributed by atoms with E-state index >= 15 is 0 Å². The summed E-state index contributed by atoms with van der Waals surface area (Å²) >= 11 is 0. The molecule has 0 heterocycles. The maximum Gasteiger partial charge on any atom is 0.342 e. The van der Waals surface area contributed by atoms with E-state index in [9.17, 15) is 9.36 Å². The second-order valence-corrected chi connectivity index (χ2v) is 5.03. The monoisotopic (exact) mass is 211 g/mol. The van der Waals surface area contributed by atoms with E-state index in [1.165, 1.54) is 21.1 Å². The van der Waals surface area contributed by atoms with Gasteiger partial charge >= 0.3 is 7.60 Å². The van der Waals surface area contributed by atoms with Crippen molar-refractivity contribution in [3.05, 3.63) is 0 Å². The number of hydrogen-bond donors (Lipinski definition) is 1. The maximum atomic E-state index is 11.6. The Bertz CT molecular complexity index is 221. The largest absolute Gasteiger partial charge is 0.342 e. The van der Waals surface area contributed by atoms with Gasteiger partial charge in [0.2, 0.25) is 0 Å². The van der Waals surface area contributed by atoms with Crippen molar-refractivity contribution in [2.24, 2.45) is 0 Å². The van der Waals surface area contributed by atoms with Crippen molar-refractivity contribution in [3.8, 4) is 0 Å². The molecule has 0 aliphatic carbocycles. The van der Waals surface area contributed by atoms with E-state index < -0.39 is 19.2 Å². The molecule has 1 N–H and O–H groups in total. The molecule has 0 aromatic carbocycles. The fourth-order valence-corrected chi connectivity index (χ4v) is 2.02. The third-order valence-electron chi connectivity index (χ3n) is 1.66. The van der Waals surface area contributed by atoms with E-state index in [-0.39, 0.29) is 0 Å². The molecule has 6 nitrogen and oxygen atoms in total. The van der Waals surface area contributed by atoms with E-state index in [0.29, 0.717) is 5.06 Å². The highest BCUT2D eigenvalue weighted by atomic mass is 31.2. The molecular weight excluding hydrogens is 197 g/mol. The minimum Gasteiger partial charge on any atom is -0.311 e. The molecule has 1 atom stereocenters. The number of hydroxylamine groups is 2. The predicted molar refractivity (Wildman–Crippen MR) is 45.6 cm³/mol. The van der Waals surface area contributed by atoms with E-state index in [2.05, 4.69) is 9.05 Å². The molecule has 0 saturated heterocycles. The van der Waals surface area contributed by atoms with Gasteiger partial charge in [0, 0.05) is 21.3 Å². The quantitative estimate of drug-likeness (QED) is 0.421. The van der Waals surface area contributed by atoms with Crippen molar-refractivity contribution in [1.82, 2.24) is 5.06 Å². The molecule has 0 radical (unpaired) electrons. The Morgan fingerprint density at radius 2 is 1.85 bits per heavy atom. The zero-order chi connectivity index (χ0) is 10.6. The predicted octanol–water partition coefficient (Wildman–Crippen LogP) is 0.708. The lowest BCUT2D eigenvalue weighted by atomic mass is 10.4. The van der Waals surface area contributed by atoms with Gasteiger partial charge in [-0.05, 0) is 6.92 Å². The van der Waals surface area contributed by atoms with Gasteiger partial charge in [-0.1, -0.05) is 0 Å². The number of carbonyl (C=O) groups is 1. The van der Waals surface area contributed by atoms with Gasteiger partial charge in [0.15, 0.2) is 0 Å². The molecule has 0 aromatic rings. The Morgan fingerprint density at radius 3 is 2.08 bits per heavy atom. The van der Waals surface area contributed by atoms with Crippen molar-refractivity contribution in [3.63, 3.8) is 0 Å². The van der Waals surface area contributed by atoms with Crippen LogP contribution in [-0.2, 0) is 18.4 Å². The van der Waals surface area contributed by atoms with Crippen LogP contribution < -0.4 is 0 Å². The van der Waals surface area contributed by atoms with Crippen LogP contribution in [0.25, 0.3) is 0 Å². The van der Waals surface area contributed by atoms with Gasteiger partial charge in [0.25, 0.3) is 5.91 Å². The van der Waals surface area contributed by atoms with Crippen molar-refractivity contribution in [2.75, 3.05) is 21.3 Å². The summed E-state index contributed by atoms with van der Waals surface area (Å²) in [6, 6.07) is 0. The van der Waals surface area contributed by atoms with Crippen molar-refractivity contribution >= 4 is 13.5 Å². The molecule has 0 rings (SSSR count). The van der Waals surface area contributed by atoms with Crippen LogP contribution >= 0.6 is 7.60 Å². The third kappa shape index (κ3) is 2.77. The summed E-state index contributed by atoms with van der Waals surface area (Å²) in [6.45, 7) is 1.36. The van der Waals surface area contributed by atoms with Gasteiger partial charge in [0.1, 0.15) is 5.66 Å². The third-order valence-corrected chi connectivity index (χ3v) is 3.85. The zero-order valence-electron chi connectivity index (χ0n) is 8.05. The highest BCUT2D eigenvalue weighted by Crippen LogP contribution is 2.51. The van der Waals surface area contributed by atoms with Crippen LogP contribution in [0.15, 0.2) is 0 Å². The summed E-state index contributed by atoms with van der Waals surface area (Å²) in [4.78, 5) is 11.2. The summed E-state index contributed by atoms with van der Waals surface area (Å²) in [5, 5.41) is 9.15. The van der Waals surface area contributed by atoms with E-state index in [1.807, 2.05) is 0 Å². The average molecular weight is 211 g/mol. The second kappa shape index (κ2) is 4.72. The highest BCUT2D eigenvalue weighted by molar-refractivity contribution is 7.55. The van der Waals surface area contributed by atoms with Crippen LogP contribution in [0.2, 0.25) is 0 Å². The molecule has 78 valence electrons. The summed E-state index contributed by atoms with van der Waals surface area (Å²) in [7, 11) is 0.0858. The summed E-state index contributed by atoms with van der Waals surface area (Å²) in [5.74, 6) is -0.716. The lowest BCUT2D eigenvalue weighted by molar-refractivity contribution is -0.158. The van der Waals surface area contributed by atoms with Gasteiger partial charge in [-0.15, -0.1) is 0 Å². The fraction of sp³-hybridized carbons (Fsp3) is 0.833. The Labute approximate surface area is 76.9 Å². The normalized spacial score (nSPS) is 13.9. The second-order valence-electron chi connectivity index (χ2n) is 2.44. The summed E-state index contributed by atoms with van der Waals surface area (Å²) in [5.41, 5.74) is -1.02. The van der Waals surface area contributed by atoms with Crippen molar-refractivity contribution in [1.29, 1.82) is 0 Å². The first-order valence-electron chi connectivity index (χ1n) is 3.56. The van der Waals surface area contributed by atoms with Gasteiger partial charge < -0.3 is 9.05 Å². The molecular formula is C6H14NO5P. The van der Waals surface area contributed by atoms with Crippen LogP contribution in [0.1, 0.15) is 6.92 Å². The van der Waals surface area contributed by atoms with E-state index in [1.54, 1.807) is 0 Å². The fourth-order valence-electron chi connectivity index (χ4n) is 0.796. The molecule has 0 spiro atoms. The Hall–Kier alpha value is -0.420. The molecule has 0 aliphatic rings. The van der Waals surface area contributed by atoms with Gasteiger partial charge in [-0.2, -0.15) is 0 Å². The van der Waals surface area contributed by atoms with Crippen LogP contribution in [-0.4, -0.2) is 43.1 Å². The van der Waals surface area contributed by atoms with E-state index in [4.69, 9.17) is 5.21 Å². The van der Waals surface area contributed by atoms with Gasteiger partial charge in [0.05, 0.1) is 0 Å². The lowest BCUT2D eigenvalue weighted by Gasteiger charge is -2.21. The average Bonchev–Trinajstić information content (AvgIpc) is 2.14. The topological polar surface area (TPSA) is 76.1 Å². The first-order chi connectivity index (χ1) is 5.89. The summed E-state index contributed by atoms with van der Waals surface area (Å²) < 4.78 is 20.8. The van der Waals surface area contributed by atoms with Crippen LogP contribution in [0.4, 0.5) is 0 Å².